The number of hydrogen-bond acceptors (Lipinski definition) is 3. The van der Waals surface area contributed by atoms with E-state index in [1.165, 1.54) is 6.20 Å². The van der Waals surface area contributed by atoms with Crippen molar-refractivity contribution in [1.29, 1.82) is 0 Å². The van der Waals surface area contributed by atoms with Crippen LogP contribution in [0.25, 0.3) is 0 Å². The van der Waals surface area contributed by atoms with Crippen LogP contribution in [0.15, 0.2) is 18.3 Å². The van der Waals surface area contributed by atoms with Gasteiger partial charge < -0.3 is 10.2 Å². The van der Waals surface area contributed by atoms with Crippen LogP contribution < -0.4 is 5.32 Å². The molecular weight excluding hydrogens is 290 g/mol. The van der Waals surface area contributed by atoms with E-state index >= 15 is 0 Å². The smallest absolute Gasteiger partial charge is 0.269 e. The summed E-state index contributed by atoms with van der Waals surface area (Å²) in [5, 5.41) is 2.85. The highest BCUT2D eigenvalue weighted by Gasteiger charge is 2.16. The minimum absolute atomic E-state index is 0.0314. The monoisotopic (exact) mass is 319 g/mol. The highest BCUT2D eigenvalue weighted by molar-refractivity contribution is 5.98. The fourth-order valence-electron chi connectivity index (χ4n) is 2.39. The Morgan fingerprint density at radius 1 is 1.09 bits per heavy atom. The van der Waals surface area contributed by atoms with Crippen LogP contribution in [0.4, 0.5) is 0 Å². The molecule has 1 aromatic rings. The van der Waals surface area contributed by atoms with Crippen molar-refractivity contribution in [3.63, 3.8) is 0 Å². The lowest BCUT2D eigenvalue weighted by Gasteiger charge is -2.21. The molecule has 0 saturated carbocycles. The van der Waals surface area contributed by atoms with E-state index in [0.29, 0.717) is 17.8 Å². The predicted molar refractivity (Wildman–Crippen MR) is 92.6 cm³/mol. The zero-order chi connectivity index (χ0) is 17.1. The van der Waals surface area contributed by atoms with E-state index < -0.39 is 0 Å². The Morgan fingerprint density at radius 3 is 2.39 bits per heavy atom. The van der Waals surface area contributed by atoms with E-state index in [0.717, 1.165) is 45.2 Å². The number of pyridine rings is 1. The van der Waals surface area contributed by atoms with Crippen LogP contribution in [-0.2, 0) is 0 Å². The van der Waals surface area contributed by atoms with Crippen LogP contribution in [0.1, 0.15) is 73.7 Å². The number of nitrogens with one attached hydrogen (secondary N) is 1. The molecule has 0 radical (unpaired) electrons. The van der Waals surface area contributed by atoms with Crippen LogP contribution in [0, 0.1) is 0 Å². The average Bonchev–Trinajstić information content (AvgIpc) is 2.58. The molecule has 0 aromatic carbocycles. The summed E-state index contributed by atoms with van der Waals surface area (Å²) in [6.07, 6.45) is 6.53. The lowest BCUT2D eigenvalue weighted by atomic mass is 10.1. The Labute approximate surface area is 139 Å². The van der Waals surface area contributed by atoms with Gasteiger partial charge in [-0.3, -0.25) is 14.6 Å². The Bertz CT molecular complexity index is 497. The van der Waals surface area contributed by atoms with Crippen molar-refractivity contribution in [1.82, 2.24) is 15.2 Å². The van der Waals surface area contributed by atoms with E-state index in [1.54, 1.807) is 12.1 Å². The van der Waals surface area contributed by atoms with E-state index in [-0.39, 0.29) is 11.8 Å². The maximum absolute atomic E-state index is 12.6. The lowest BCUT2D eigenvalue weighted by Crippen LogP contribution is -2.33. The van der Waals surface area contributed by atoms with Gasteiger partial charge in [0.2, 0.25) is 0 Å². The normalized spacial score (nSPS) is 10.4. The molecule has 1 rings (SSSR count). The molecule has 2 amide bonds. The summed E-state index contributed by atoms with van der Waals surface area (Å²) in [5.41, 5.74) is 0.834. The summed E-state index contributed by atoms with van der Waals surface area (Å²) in [6, 6.07) is 3.27. The Morgan fingerprint density at radius 2 is 1.78 bits per heavy atom. The Kier molecular flexibility index (Phi) is 8.95. The second kappa shape index (κ2) is 10.8. The lowest BCUT2D eigenvalue weighted by molar-refractivity contribution is 0.0755. The SMILES string of the molecule is CCCCCNC(=O)c1cc(C(=O)N(CCC)CCC)ccn1. The van der Waals surface area contributed by atoms with Gasteiger partial charge in [0.1, 0.15) is 5.69 Å². The third-order valence-corrected chi connectivity index (χ3v) is 3.58. The van der Waals surface area contributed by atoms with Gasteiger partial charge in [0.05, 0.1) is 0 Å². The van der Waals surface area contributed by atoms with Crippen LogP contribution in [0.5, 0.6) is 0 Å². The summed E-state index contributed by atoms with van der Waals surface area (Å²) in [5.74, 6) is -0.246. The standard InChI is InChI=1S/C18H29N3O2/c1-4-7-8-10-20-17(22)16-14-15(9-11-19-16)18(23)21(12-5-2)13-6-3/h9,11,14H,4-8,10,12-13H2,1-3H3,(H,20,22). The first-order chi connectivity index (χ1) is 11.1. The molecular formula is C18H29N3O2. The first-order valence-corrected chi connectivity index (χ1v) is 8.67. The molecule has 23 heavy (non-hydrogen) atoms. The molecule has 0 saturated heterocycles. The Hall–Kier alpha value is -1.91. The number of rotatable bonds is 10. The van der Waals surface area contributed by atoms with Gasteiger partial charge in [-0.15, -0.1) is 0 Å². The fourth-order valence-corrected chi connectivity index (χ4v) is 2.39. The molecule has 5 nitrogen and oxygen atoms in total. The number of carbonyl (C=O) groups is 2. The van der Waals surface area contributed by atoms with Gasteiger partial charge in [-0.25, -0.2) is 0 Å². The Balaban J connectivity index is 2.74. The van der Waals surface area contributed by atoms with E-state index in [9.17, 15) is 9.59 Å². The summed E-state index contributed by atoms with van der Waals surface area (Å²) >= 11 is 0. The quantitative estimate of drug-likeness (QED) is 0.673. The van der Waals surface area contributed by atoms with Crippen molar-refractivity contribution >= 4 is 11.8 Å². The van der Waals surface area contributed by atoms with Gasteiger partial charge in [0, 0.05) is 31.4 Å². The van der Waals surface area contributed by atoms with Crippen LogP contribution >= 0.6 is 0 Å². The molecule has 5 heteroatoms. The zero-order valence-electron chi connectivity index (χ0n) is 14.6. The maximum Gasteiger partial charge on any atom is 0.269 e. The predicted octanol–water partition coefficient (Wildman–Crippen LogP) is 3.26. The second-order valence-electron chi connectivity index (χ2n) is 5.68. The minimum atomic E-state index is -0.215. The van der Waals surface area contributed by atoms with Crippen LogP contribution in [-0.4, -0.2) is 41.3 Å². The molecule has 0 fully saturated rings. The number of nitrogens with zero attached hydrogens (tertiary/aromatic N) is 2. The summed E-state index contributed by atoms with van der Waals surface area (Å²) in [7, 11) is 0. The van der Waals surface area contributed by atoms with Crippen molar-refractivity contribution in [2.45, 2.75) is 52.9 Å². The molecule has 0 bridgehead atoms. The number of carbonyl (C=O) groups excluding carboxylic acids is 2. The molecule has 1 aromatic heterocycles. The maximum atomic E-state index is 12.6. The first-order valence-electron chi connectivity index (χ1n) is 8.67. The number of aromatic nitrogens is 1. The van der Waals surface area contributed by atoms with Crippen LogP contribution in [0.3, 0.4) is 0 Å². The summed E-state index contributed by atoms with van der Waals surface area (Å²) < 4.78 is 0. The fraction of sp³-hybridized carbons (Fsp3) is 0.611. The second-order valence-corrected chi connectivity index (χ2v) is 5.68. The van der Waals surface area contributed by atoms with Crippen LogP contribution in [0.2, 0.25) is 0 Å². The van der Waals surface area contributed by atoms with Gasteiger partial charge >= 0.3 is 0 Å². The highest BCUT2D eigenvalue weighted by Crippen LogP contribution is 2.08. The van der Waals surface area contributed by atoms with E-state index in [2.05, 4.69) is 31.1 Å². The third kappa shape index (κ3) is 6.38. The molecule has 1 heterocycles. The molecule has 0 spiro atoms. The van der Waals surface area contributed by atoms with Crippen molar-refractivity contribution in [3.05, 3.63) is 29.6 Å². The van der Waals surface area contributed by atoms with Gasteiger partial charge in [-0.1, -0.05) is 33.6 Å². The summed E-state index contributed by atoms with van der Waals surface area (Å²) in [6.45, 7) is 8.33. The van der Waals surface area contributed by atoms with Crippen molar-refractivity contribution in [2.75, 3.05) is 19.6 Å². The first kappa shape index (κ1) is 19.1. The zero-order valence-corrected chi connectivity index (χ0v) is 14.6. The van der Waals surface area contributed by atoms with Gasteiger partial charge in [-0.2, -0.15) is 0 Å². The van der Waals surface area contributed by atoms with Crippen molar-refractivity contribution in [3.8, 4) is 0 Å². The number of amides is 2. The molecule has 1 N–H and O–H groups in total. The average molecular weight is 319 g/mol. The molecule has 128 valence electrons. The topological polar surface area (TPSA) is 62.3 Å². The molecule has 0 aliphatic heterocycles. The minimum Gasteiger partial charge on any atom is -0.351 e. The van der Waals surface area contributed by atoms with E-state index in [4.69, 9.17) is 0 Å². The highest BCUT2D eigenvalue weighted by atomic mass is 16.2. The number of unbranched alkanes of at least 4 members (excludes halogenated alkanes) is 2. The van der Waals surface area contributed by atoms with E-state index in [1.807, 2.05) is 4.90 Å². The molecule has 0 aliphatic rings. The third-order valence-electron chi connectivity index (χ3n) is 3.58. The van der Waals surface area contributed by atoms with Gasteiger partial charge in [-0.05, 0) is 31.4 Å². The summed E-state index contributed by atoms with van der Waals surface area (Å²) in [4.78, 5) is 30.6. The molecule has 0 atom stereocenters. The largest absolute Gasteiger partial charge is 0.351 e. The molecule has 0 unspecified atom stereocenters. The molecule has 0 aliphatic carbocycles. The van der Waals surface area contributed by atoms with Crippen molar-refractivity contribution in [2.24, 2.45) is 0 Å². The number of hydrogen-bond donors (Lipinski definition) is 1. The van der Waals surface area contributed by atoms with Crippen molar-refractivity contribution < 1.29 is 9.59 Å². The van der Waals surface area contributed by atoms with Gasteiger partial charge in [0.25, 0.3) is 11.8 Å². The van der Waals surface area contributed by atoms with Gasteiger partial charge in [0.15, 0.2) is 0 Å².